The third-order valence-electron chi connectivity index (χ3n) is 5.59. The Labute approximate surface area is 163 Å². The highest BCUT2D eigenvalue weighted by Crippen LogP contribution is 2.32. The molecule has 0 unspecified atom stereocenters. The smallest absolute Gasteiger partial charge is 0.274 e. The Bertz CT molecular complexity index is 981. The molecule has 0 aliphatic carbocycles. The van der Waals surface area contributed by atoms with E-state index >= 15 is 0 Å². The van der Waals surface area contributed by atoms with Gasteiger partial charge in [0.05, 0.1) is 24.2 Å². The van der Waals surface area contributed by atoms with Crippen LogP contribution in [0.4, 0.5) is 0 Å². The zero-order valence-corrected chi connectivity index (χ0v) is 16.4. The molecule has 0 atom stereocenters. The second-order valence-corrected chi connectivity index (χ2v) is 9.40. The summed E-state index contributed by atoms with van der Waals surface area (Å²) in [6.07, 6.45) is 4.09. The van der Waals surface area contributed by atoms with Crippen LogP contribution >= 0.6 is 0 Å². The van der Waals surface area contributed by atoms with E-state index < -0.39 is 15.6 Å². The van der Waals surface area contributed by atoms with Crippen LogP contribution in [0.15, 0.2) is 24.4 Å². The zero-order chi connectivity index (χ0) is 19.9. The first kappa shape index (κ1) is 19.0. The summed E-state index contributed by atoms with van der Waals surface area (Å²) in [5.41, 5.74) is 1.41. The number of rotatable bonds is 3. The fourth-order valence-electron chi connectivity index (χ4n) is 3.88. The van der Waals surface area contributed by atoms with Gasteiger partial charge in [-0.05, 0) is 31.4 Å². The molecule has 1 saturated heterocycles. The summed E-state index contributed by atoms with van der Waals surface area (Å²) in [5, 5.41) is 17.9. The number of pyridine rings is 1. The number of carbonyl (C=O) groups is 1. The summed E-state index contributed by atoms with van der Waals surface area (Å²) in [4.78, 5) is 18.9. The summed E-state index contributed by atoms with van der Waals surface area (Å²) >= 11 is 0. The molecule has 2 N–H and O–H groups in total. The Morgan fingerprint density at radius 1 is 1.25 bits per heavy atom. The van der Waals surface area contributed by atoms with Crippen molar-refractivity contribution in [1.82, 2.24) is 24.4 Å². The SMILES string of the molecule is CS(=O)(=O)N1CCc2c(C(=O)N3CCC(O)(c4ccccn4)CC3)n[nH]c2C1. The molecule has 9 nitrogen and oxygen atoms in total. The predicted octanol–water partition coefficient (Wildman–Crippen LogP) is 0.246. The summed E-state index contributed by atoms with van der Waals surface area (Å²) < 4.78 is 24.9. The molecule has 1 fully saturated rings. The number of fused-ring (bicyclic) bond motifs is 1. The molecule has 10 heteroatoms. The van der Waals surface area contributed by atoms with E-state index in [1.165, 1.54) is 10.6 Å². The Morgan fingerprint density at radius 2 is 2.00 bits per heavy atom. The predicted molar refractivity (Wildman–Crippen MR) is 101 cm³/mol. The number of hydrogen-bond donors (Lipinski definition) is 2. The van der Waals surface area contributed by atoms with Gasteiger partial charge in [-0.2, -0.15) is 9.40 Å². The first-order valence-electron chi connectivity index (χ1n) is 9.22. The monoisotopic (exact) mass is 405 g/mol. The van der Waals surface area contributed by atoms with Crippen molar-refractivity contribution < 1.29 is 18.3 Å². The molecular formula is C18H23N5O4S. The van der Waals surface area contributed by atoms with Gasteiger partial charge in [0.25, 0.3) is 5.91 Å². The quantitative estimate of drug-likeness (QED) is 0.755. The molecule has 2 aliphatic heterocycles. The number of amides is 1. The van der Waals surface area contributed by atoms with Crippen LogP contribution in [0.5, 0.6) is 0 Å². The molecule has 2 aromatic heterocycles. The maximum Gasteiger partial charge on any atom is 0.274 e. The molecule has 0 saturated carbocycles. The zero-order valence-electron chi connectivity index (χ0n) is 15.6. The standard InChI is InChI=1S/C18H23N5O4S/c1-28(26,27)23-9-5-13-14(12-23)20-21-16(13)17(24)22-10-6-18(25,7-11-22)15-4-2-3-8-19-15/h2-4,8,25H,5-7,9-12H2,1H3,(H,20,21). The van der Waals surface area contributed by atoms with Gasteiger partial charge in [-0.15, -0.1) is 0 Å². The second-order valence-electron chi connectivity index (χ2n) is 7.41. The molecule has 28 heavy (non-hydrogen) atoms. The Hall–Kier alpha value is -2.30. The van der Waals surface area contributed by atoms with Crippen LogP contribution in [-0.2, 0) is 28.6 Å². The minimum Gasteiger partial charge on any atom is -0.383 e. The molecule has 2 aliphatic rings. The van der Waals surface area contributed by atoms with Gasteiger partial charge < -0.3 is 10.0 Å². The summed E-state index contributed by atoms with van der Waals surface area (Å²) in [6, 6.07) is 5.44. The van der Waals surface area contributed by atoms with Crippen molar-refractivity contribution in [2.45, 2.75) is 31.4 Å². The number of sulfonamides is 1. The van der Waals surface area contributed by atoms with Crippen molar-refractivity contribution in [2.24, 2.45) is 0 Å². The number of piperidine rings is 1. The first-order valence-corrected chi connectivity index (χ1v) is 11.1. The maximum atomic E-state index is 13.0. The van der Waals surface area contributed by atoms with Crippen LogP contribution in [0.25, 0.3) is 0 Å². The van der Waals surface area contributed by atoms with E-state index in [0.29, 0.717) is 56.0 Å². The number of hydrogen-bond acceptors (Lipinski definition) is 6. The summed E-state index contributed by atoms with van der Waals surface area (Å²) in [7, 11) is -3.28. The highest BCUT2D eigenvalue weighted by Gasteiger charge is 2.38. The molecule has 150 valence electrons. The van der Waals surface area contributed by atoms with E-state index in [4.69, 9.17) is 0 Å². The van der Waals surface area contributed by atoms with Crippen LogP contribution in [0.2, 0.25) is 0 Å². The molecular weight excluding hydrogens is 382 g/mol. The van der Waals surface area contributed by atoms with Gasteiger partial charge in [0.2, 0.25) is 10.0 Å². The number of aliphatic hydroxyl groups is 1. The molecule has 0 radical (unpaired) electrons. The van der Waals surface area contributed by atoms with Crippen LogP contribution in [0, 0.1) is 0 Å². The number of aromatic amines is 1. The number of carbonyl (C=O) groups excluding carboxylic acids is 1. The highest BCUT2D eigenvalue weighted by molar-refractivity contribution is 7.88. The lowest BCUT2D eigenvalue weighted by Crippen LogP contribution is -2.46. The average molecular weight is 405 g/mol. The third kappa shape index (κ3) is 3.43. The first-order chi connectivity index (χ1) is 13.3. The fourth-order valence-corrected chi connectivity index (χ4v) is 4.66. The largest absolute Gasteiger partial charge is 0.383 e. The highest BCUT2D eigenvalue weighted by atomic mass is 32.2. The number of nitrogens with one attached hydrogen (secondary N) is 1. The van der Waals surface area contributed by atoms with Crippen molar-refractivity contribution in [3.8, 4) is 0 Å². The Balaban J connectivity index is 1.47. The van der Waals surface area contributed by atoms with Crippen molar-refractivity contribution in [1.29, 1.82) is 0 Å². The van der Waals surface area contributed by atoms with Crippen molar-refractivity contribution in [3.05, 3.63) is 47.0 Å². The lowest BCUT2D eigenvalue weighted by Gasteiger charge is -2.37. The lowest BCUT2D eigenvalue weighted by molar-refractivity contribution is -0.0245. The summed E-state index contributed by atoms with van der Waals surface area (Å²) in [5.74, 6) is -0.187. The van der Waals surface area contributed by atoms with E-state index in [2.05, 4.69) is 15.2 Å². The molecule has 0 bridgehead atoms. The molecule has 1 amide bonds. The van der Waals surface area contributed by atoms with Crippen molar-refractivity contribution >= 4 is 15.9 Å². The number of aromatic nitrogens is 3. The van der Waals surface area contributed by atoms with Gasteiger partial charge in [-0.1, -0.05) is 6.07 Å². The number of nitrogens with zero attached hydrogens (tertiary/aromatic N) is 4. The molecule has 4 heterocycles. The van der Waals surface area contributed by atoms with Gasteiger partial charge in [-0.3, -0.25) is 14.9 Å². The third-order valence-corrected chi connectivity index (χ3v) is 6.84. The van der Waals surface area contributed by atoms with Gasteiger partial charge in [-0.25, -0.2) is 8.42 Å². The number of H-pyrrole nitrogens is 1. The van der Waals surface area contributed by atoms with Crippen LogP contribution < -0.4 is 0 Å². The molecule has 4 rings (SSSR count). The van der Waals surface area contributed by atoms with E-state index in [1.54, 1.807) is 23.2 Å². The average Bonchev–Trinajstić information content (AvgIpc) is 3.11. The van der Waals surface area contributed by atoms with Gasteiger partial charge in [0.15, 0.2) is 5.69 Å². The van der Waals surface area contributed by atoms with Crippen LogP contribution in [-0.4, -0.2) is 69.7 Å². The van der Waals surface area contributed by atoms with Crippen LogP contribution in [0.3, 0.4) is 0 Å². The fraction of sp³-hybridized carbons (Fsp3) is 0.500. The molecule has 0 aromatic carbocycles. The van der Waals surface area contributed by atoms with Crippen molar-refractivity contribution in [2.75, 3.05) is 25.9 Å². The lowest BCUT2D eigenvalue weighted by atomic mass is 9.87. The van der Waals surface area contributed by atoms with Crippen molar-refractivity contribution in [3.63, 3.8) is 0 Å². The van der Waals surface area contributed by atoms with E-state index in [9.17, 15) is 18.3 Å². The Kier molecular flexibility index (Phi) is 4.72. The topological polar surface area (TPSA) is 119 Å². The summed E-state index contributed by atoms with van der Waals surface area (Å²) in [6.45, 7) is 1.35. The van der Waals surface area contributed by atoms with E-state index in [1.807, 2.05) is 6.07 Å². The minimum absolute atomic E-state index is 0.187. The second kappa shape index (κ2) is 6.94. The van der Waals surface area contributed by atoms with Gasteiger partial charge >= 0.3 is 0 Å². The van der Waals surface area contributed by atoms with Gasteiger partial charge in [0.1, 0.15) is 5.60 Å². The molecule has 0 spiro atoms. The normalized spacial score (nSPS) is 20.0. The van der Waals surface area contributed by atoms with E-state index in [-0.39, 0.29) is 12.5 Å². The van der Waals surface area contributed by atoms with E-state index in [0.717, 1.165) is 5.56 Å². The number of likely N-dealkylation sites (tertiary alicyclic amines) is 1. The Morgan fingerprint density at radius 3 is 2.64 bits per heavy atom. The van der Waals surface area contributed by atoms with Crippen LogP contribution in [0.1, 0.15) is 40.3 Å². The minimum atomic E-state index is -3.28. The molecule has 2 aromatic rings. The maximum absolute atomic E-state index is 13.0. The van der Waals surface area contributed by atoms with Gasteiger partial charge in [0, 0.05) is 31.4 Å².